The molecule has 1 aliphatic carbocycles. The molecule has 0 bridgehead atoms. The van der Waals surface area contributed by atoms with Crippen LogP contribution in [0.2, 0.25) is 0 Å². The fraction of sp³-hybridized carbons (Fsp3) is 0.320. The number of esters is 1. The van der Waals surface area contributed by atoms with Gasteiger partial charge in [0, 0.05) is 16.6 Å². The molecule has 0 amide bonds. The van der Waals surface area contributed by atoms with Crippen LogP contribution in [0.25, 0.3) is 10.9 Å². The number of aromatic nitrogens is 1. The number of ketones is 1. The molecule has 1 aliphatic rings. The molecule has 0 saturated heterocycles. The Morgan fingerprint density at radius 1 is 1.00 bits per heavy atom. The summed E-state index contributed by atoms with van der Waals surface area (Å²) in [5, 5.41) is 0.792. The zero-order valence-electron chi connectivity index (χ0n) is 17.1. The Bertz CT molecular complexity index is 1090. The van der Waals surface area contributed by atoms with Crippen molar-refractivity contribution in [2.45, 2.75) is 45.4 Å². The number of hydrogen-bond acceptors (Lipinski definition) is 4. The number of rotatable bonds is 4. The predicted octanol–water partition coefficient (Wildman–Crippen LogP) is 5.06. The third-order valence-corrected chi connectivity index (χ3v) is 5.53. The number of aryl methyl sites for hydroxylation is 1. The smallest absolute Gasteiger partial charge is 0.339 e. The third kappa shape index (κ3) is 3.80. The number of fused-ring (bicyclic) bond motifs is 2. The van der Waals surface area contributed by atoms with Crippen LogP contribution in [-0.2, 0) is 23.0 Å². The van der Waals surface area contributed by atoms with E-state index < -0.39 is 5.97 Å². The average Bonchev–Trinajstić information content (AvgIpc) is 3.17. The number of carbonyl (C=O) groups is 2. The number of carbonyl (C=O) groups excluding carboxylic acids is 2. The van der Waals surface area contributed by atoms with E-state index in [-0.39, 0.29) is 17.8 Å². The Kier molecular flexibility index (Phi) is 4.95. The second-order valence-corrected chi connectivity index (χ2v) is 8.61. The van der Waals surface area contributed by atoms with Gasteiger partial charge in [0.05, 0.1) is 11.1 Å². The standard InChI is InChI=1S/C25H25NO3/c1-25(2,3)17-13-11-16(12-14-17)22(27)15-29-24(28)23-18-7-4-5-9-20(18)26-21-10-6-8-19(21)23/h4-5,7,9,11-14H,6,8,10,15H2,1-3H3. The fourth-order valence-corrected chi connectivity index (χ4v) is 3.89. The van der Waals surface area contributed by atoms with E-state index >= 15 is 0 Å². The molecule has 0 saturated carbocycles. The van der Waals surface area contributed by atoms with Gasteiger partial charge in [0.2, 0.25) is 0 Å². The van der Waals surface area contributed by atoms with Crippen molar-refractivity contribution in [3.05, 3.63) is 76.5 Å². The maximum Gasteiger partial charge on any atom is 0.339 e. The first-order valence-corrected chi connectivity index (χ1v) is 10.1. The van der Waals surface area contributed by atoms with Crippen molar-refractivity contribution >= 4 is 22.7 Å². The maximum absolute atomic E-state index is 12.9. The van der Waals surface area contributed by atoms with E-state index in [0.717, 1.165) is 47.0 Å². The second kappa shape index (κ2) is 7.43. The van der Waals surface area contributed by atoms with Crippen LogP contribution in [0.3, 0.4) is 0 Å². The van der Waals surface area contributed by atoms with Gasteiger partial charge in [-0.15, -0.1) is 0 Å². The first-order chi connectivity index (χ1) is 13.8. The molecule has 4 nitrogen and oxygen atoms in total. The Hall–Kier alpha value is -3.01. The molecule has 1 aromatic heterocycles. The molecule has 3 aromatic rings. The molecule has 0 aliphatic heterocycles. The van der Waals surface area contributed by atoms with E-state index in [1.807, 2.05) is 36.4 Å². The van der Waals surface area contributed by atoms with E-state index in [1.165, 1.54) is 0 Å². The lowest BCUT2D eigenvalue weighted by Crippen LogP contribution is -2.17. The Morgan fingerprint density at radius 3 is 2.45 bits per heavy atom. The van der Waals surface area contributed by atoms with Gasteiger partial charge in [-0.2, -0.15) is 0 Å². The molecule has 0 radical (unpaired) electrons. The highest BCUT2D eigenvalue weighted by Gasteiger charge is 2.25. The number of ether oxygens (including phenoxy) is 1. The zero-order chi connectivity index (χ0) is 20.6. The van der Waals surface area contributed by atoms with Crippen molar-refractivity contribution in [3.8, 4) is 0 Å². The van der Waals surface area contributed by atoms with Crippen LogP contribution in [0.4, 0.5) is 0 Å². The Balaban J connectivity index is 1.54. The van der Waals surface area contributed by atoms with Gasteiger partial charge in [-0.25, -0.2) is 4.79 Å². The van der Waals surface area contributed by atoms with E-state index in [4.69, 9.17) is 9.72 Å². The van der Waals surface area contributed by atoms with Crippen LogP contribution in [-0.4, -0.2) is 23.3 Å². The lowest BCUT2D eigenvalue weighted by molar-refractivity contribution is 0.0475. The molecular weight excluding hydrogens is 362 g/mol. The highest BCUT2D eigenvalue weighted by molar-refractivity contribution is 6.06. The van der Waals surface area contributed by atoms with E-state index in [1.54, 1.807) is 12.1 Å². The molecule has 148 valence electrons. The van der Waals surface area contributed by atoms with Gasteiger partial charge < -0.3 is 4.74 Å². The highest BCUT2D eigenvalue weighted by Crippen LogP contribution is 2.30. The van der Waals surface area contributed by atoms with Gasteiger partial charge in [0.1, 0.15) is 0 Å². The summed E-state index contributed by atoms with van der Waals surface area (Å²) < 4.78 is 5.46. The van der Waals surface area contributed by atoms with E-state index in [2.05, 4.69) is 20.8 Å². The molecule has 0 N–H and O–H groups in total. The summed E-state index contributed by atoms with van der Waals surface area (Å²) in [5.41, 5.74) is 5.04. The first kappa shape index (κ1) is 19.3. The molecule has 2 aromatic carbocycles. The van der Waals surface area contributed by atoms with Crippen molar-refractivity contribution in [2.24, 2.45) is 0 Å². The normalized spacial score (nSPS) is 13.3. The van der Waals surface area contributed by atoms with Crippen molar-refractivity contribution < 1.29 is 14.3 Å². The maximum atomic E-state index is 12.9. The molecule has 0 atom stereocenters. The lowest BCUT2D eigenvalue weighted by atomic mass is 9.86. The summed E-state index contributed by atoms with van der Waals surface area (Å²) in [6, 6.07) is 15.1. The van der Waals surface area contributed by atoms with Gasteiger partial charge in [0.15, 0.2) is 12.4 Å². The van der Waals surface area contributed by atoms with Crippen LogP contribution in [0.15, 0.2) is 48.5 Å². The van der Waals surface area contributed by atoms with Crippen molar-refractivity contribution in [1.82, 2.24) is 4.98 Å². The SMILES string of the molecule is CC(C)(C)c1ccc(C(=O)COC(=O)c2c3c(nc4ccccc24)CCC3)cc1. The minimum atomic E-state index is -0.443. The van der Waals surface area contributed by atoms with E-state index in [9.17, 15) is 9.59 Å². The second-order valence-electron chi connectivity index (χ2n) is 8.61. The average molecular weight is 387 g/mol. The minimum absolute atomic E-state index is 0.0246. The van der Waals surface area contributed by atoms with Crippen molar-refractivity contribution in [3.63, 3.8) is 0 Å². The molecule has 1 heterocycles. The summed E-state index contributed by atoms with van der Waals surface area (Å²) in [6.07, 6.45) is 2.68. The number of hydrogen-bond donors (Lipinski definition) is 0. The quantitative estimate of drug-likeness (QED) is 0.464. The van der Waals surface area contributed by atoms with Crippen LogP contribution in [0.5, 0.6) is 0 Å². The Morgan fingerprint density at radius 2 is 1.72 bits per heavy atom. The van der Waals surface area contributed by atoms with Crippen LogP contribution in [0, 0.1) is 0 Å². The van der Waals surface area contributed by atoms with Crippen LogP contribution < -0.4 is 0 Å². The largest absolute Gasteiger partial charge is 0.454 e. The third-order valence-electron chi connectivity index (χ3n) is 5.53. The molecule has 0 fully saturated rings. The van der Waals surface area contributed by atoms with Gasteiger partial charge >= 0.3 is 5.97 Å². The number of para-hydroxylation sites is 1. The molecule has 29 heavy (non-hydrogen) atoms. The summed E-state index contributed by atoms with van der Waals surface area (Å²) in [5.74, 6) is -0.643. The summed E-state index contributed by atoms with van der Waals surface area (Å²) in [7, 11) is 0. The first-order valence-electron chi connectivity index (χ1n) is 10.1. The zero-order valence-corrected chi connectivity index (χ0v) is 17.1. The highest BCUT2D eigenvalue weighted by atomic mass is 16.5. The van der Waals surface area contributed by atoms with Gasteiger partial charge in [0.25, 0.3) is 0 Å². The van der Waals surface area contributed by atoms with Crippen molar-refractivity contribution in [2.75, 3.05) is 6.61 Å². The summed E-state index contributed by atoms with van der Waals surface area (Å²) >= 11 is 0. The number of pyridine rings is 1. The predicted molar refractivity (Wildman–Crippen MR) is 114 cm³/mol. The van der Waals surface area contributed by atoms with Gasteiger partial charge in [-0.05, 0) is 41.9 Å². The fourth-order valence-electron chi connectivity index (χ4n) is 3.89. The summed E-state index contributed by atoms with van der Waals surface area (Å²) in [6.45, 7) is 6.12. The molecule has 4 rings (SSSR count). The van der Waals surface area contributed by atoms with Crippen LogP contribution in [0.1, 0.15) is 64.7 Å². The molecule has 0 spiro atoms. The van der Waals surface area contributed by atoms with Gasteiger partial charge in [-0.1, -0.05) is 63.2 Å². The van der Waals surface area contributed by atoms with Gasteiger partial charge in [-0.3, -0.25) is 9.78 Å². The lowest BCUT2D eigenvalue weighted by Gasteiger charge is -2.19. The number of benzene rings is 2. The number of nitrogens with zero attached hydrogens (tertiary/aromatic N) is 1. The number of Topliss-reactive ketones (excluding diaryl/α,β-unsaturated/α-hetero) is 1. The van der Waals surface area contributed by atoms with E-state index in [0.29, 0.717) is 11.1 Å². The summed E-state index contributed by atoms with van der Waals surface area (Å²) in [4.78, 5) is 30.2. The molecule has 0 unspecified atom stereocenters. The van der Waals surface area contributed by atoms with Crippen LogP contribution >= 0.6 is 0 Å². The molecular formula is C25H25NO3. The Labute approximate surface area is 170 Å². The van der Waals surface area contributed by atoms with Crippen molar-refractivity contribution in [1.29, 1.82) is 0 Å². The monoisotopic (exact) mass is 387 g/mol. The molecule has 4 heteroatoms. The minimum Gasteiger partial charge on any atom is -0.454 e. The topological polar surface area (TPSA) is 56.3 Å².